The second kappa shape index (κ2) is 4.28. The summed E-state index contributed by atoms with van der Waals surface area (Å²) in [7, 11) is 0. The summed E-state index contributed by atoms with van der Waals surface area (Å²) in [6.45, 7) is 2.10. The van der Waals surface area contributed by atoms with Gasteiger partial charge in [0.15, 0.2) is 0 Å². The lowest BCUT2D eigenvalue weighted by atomic mass is 10.1. The predicted octanol–water partition coefficient (Wildman–Crippen LogP) is 1.98. The zero-order chi connectivity index (χ0) is 10.7. The van der Waals surface area contributed by atoms with Crippen molar-refractivity contribution >= 4 is 0 Å². The zero-order valence-corrected chi connectivity index (χ0v) is 8.67. The third kappa shape index (κ3) is 2.07. The van der Waals surface area contributed by atoms with E-state index >= 15 is 0 Å². The molecule has 0 amide bonds. The van der Waals surface area contributed by atoms with E-state index in [2.05, 4.69) is 24.0 Å². The highest BCUT2D eigenvalue weighted by atomic mass is 16.3. The Labute approximate surface area is 89.0 Å². The van der Waals surface area contributed by atoms with Gasteiger partial charge in [-0.1, -0.05) is 30.3 Å². The third-order valence-electron chi connectivity index (χ3n) is 2.55. The van der Waals surface area contributed by atoms with Crippen molar-refractivity contribution in [1.29, 1.82) is 0 Å². The zero-order valence-electron chi connectivity index (χ0n) is 8.67. The number of hydrogen-bond acceptors (Lipinski definition) is 2. The number of aromatic nitrogens is 2. The molecule has 1 aromatic carbocycles. The molecule has 3 nitrogen and oxygen atoms in total. The Balaban J connectivity index is 2.24. The van der Waals surface area contributed by atoms with Crippen molar-refractivity contribution < 1.29 is 5.11 Å². The quantitative estimate of drug-likeness (QED) is 0.826. The van der Waals surface area contributed by atoms with E-state index in [4.69, 9.17) is 5.11 Å². The summed E-state index contributed by atoms with van der Waals surface area (Å²) in [4.78, 5) is 4.09. The minimum atomic E-state index is -0.00545. The number of aliphatic hydroxyl groups excluding tert-OH is 1. The van der Waals surface area contributed by atoms with Gasteiger partial charge in [0, 0.05) is 6.20 Å². The summed E-state index contributed by atoms with van der Waals surface area (Å²) in [6, 6.07) is 10.5. The smallest absolute Gasteiger partial charge is 0.0956 e. The van der Waals surface area contributed by atoms with Crippen molar-refractivity contribution in [1.82, 2.24) is 9.55 Å². The summed E-state index contributed by atoms with van der Waals surface area (Å²) in [5.41, 5.74) is 1.94. The summed E-state index contributed by atoms with van der Waals surface area (Å²) >= 11 is 0. The van der Waals surface area contributed by atoms with Gasteiger partial charge in [-0.3, -0.25) is 0 Å². The number of rotatable bonds is 3. The molecule has 2 aromatic rings. The Morgan fingerprint density at radius 1 is 1.33 bits per heavy atom. The molecule has 1 N–H and O–H groups in total. The van der Waals surface area contributed by atoms with Crippen LogP contribution in [0.1, 0.15) is 24.2 Å². The van der Waals surface area contributed by atoms with Crippen LogP contribution in [0.5, 0.6) is 0 Å². The fraction of sp³-hybridized carbons (Fsp3) is 0.250. The topological polar surface area (TPSA) is 38.0 Å². The van der Waals surface area contributed by atoms with Gasteiger partial charge in [-0.05, 0) is 12.5 Å². The molecule has 2 rings (SSSR count). The highest BCUT2D eigenvalue weighted by Crippen LogP contribution is 2.17. The first-order chi connectivity index (χ1) is 7.31. The lowest BCUT2D eigenvalue weighted by molar-refractivity contribution is 0.277. The maximum atomic E-state index is 8.93. The average molecular weight is 202 g/mol. The van der Waals surface area contributed by atoms with Gasteiger partial charge in [-0.25, -0.2) is 4.98 Å². The lowest BCUT2D eigenvalue weighted by Gasteiger charge is -2.12. The molecule has 1 unspecified atom stereocenters. The lowest BCUT2D eigenvalue weighted by Crippen LogP contribution is -2.03. The largest absolute Gasteiger partial charge is 0.390 e. The van der Waals surface area contributed by atoms with E-state index < -0.39 is 0 Å². The van der Waals surface area contributed by atoms with E-state index in [-0.39, 0.29) is 12.6 Å². The molecule has 0 saturated heterocycles. The van der Waals surface area contributed by atoms with Gasteiger partial charge in [0.25, 0.3) is 0 Å². The van der Waals surface area contributed by atoms with Crippen LogP contribution >= 0.6 is 0 Å². The maximum Gasteiger partial charge on any atom is 0.0956 e. The second-order valence-corrected chi connectivity index (χ2v) is 3.56. The van der Waals surface area contributed by atoms with Gasteiger partial charge in [-0.15, -0.1) is 0 Å². The highest BCUT2D eigenvalue weighted by molar-refractivity contribution is 5.19. The highest BCUT2D eigenvalue weighted by Gasteiger charge is 2.07. The second-order valence-electron chi connectivity index (χ2n) is 3.56. The van der Waals surface area contributed by atoms with Crippen LogP contribution in [0.2, 0.25) is 0 Å². The Hall–Kier alpha value is -1.61. The number of hydrogen-bond donors (Lipinski definition) is 1. The van der Waals surface area contributed by atoms with Gasteiger partial charge < -0.3 is 9.67 Å². The molecule has 78 valence electrons. The SMILES string of the molecule is CC(c1ccccc1)n1cnc(CO)c1. The molecule has 15 heavy (non-hydrogen) atoms. The van der Waals surface area contributed by atoms with Gasteiger partial charge in [-0.2, -0.15) is 0 Å². The van der Waals surface area contributed by atoms with Crippen LogP contribution < -0.4 is 0 Å². The molecular weight excluding hydrogens is 188 g/mol. The Morgan fingerprint density at radius 3 is 2.67 bits per heavy atom. The van der Waals surface area contributed by atoms with Crippen LogP contribution in [0, 0.1) is 0 Å². The number of nitrogens with zero attached hydrogens (tertiary/aromatic N) is 2. The first-order valence-corrected chi connectivity index (χ1v) is 4.99. The minimum Gasteiger partial charge on any atom is -0.390 e. The minimum absolute atomic E-state index is 0.00545. The molecule has 1 heterocycles. The van der Waals surface area contributed by atoms with Crippen LogP contribution in [-0.2, 0) is 6.61 Å². The van der Waals surface area contributed by atoms with E-state index in [1.807, 2.05) is 29.0 Å². The number of imidazole rings is 1. The van der Waals surface area contributed by atoms with Crippen molar-refractivity contribution in [2.75, 3.05) is 0 Å². The first-order valence-electron chi connectivity index (χ1n) is 4.99. The van der Waals surface area contributed by atoms with Gasteiger partial charge in [0.05, 0.1) is 24.7 Å². The number of aliphatic hydroxyl groups is 1. The Morgan fingerprint density at radius 2 is 2.07 bits per heavy atom. The van der Waals surface area contributed by atoms with Crippen molar-refractivity contribution in [3.8, 4) is 0 Å². The van der Waals surface area contributed by atoms with Crippen LogP contribution in [-0.4, -0.2) is 14.7 Å². The van der Waals surface area contributed by atoms with Crippen LogP contribution in [0.4, 0.5) is 0 Å². The van der Waals surface area contributed by atoms with Crippen molar-refractivity contribution in [3.05, 3.63) is 54.1 Å². The molecule has 0 aliphatic heterocycles. The average Bonchev–Trinajstić information content (AvgIpc) is 2.78. The van der Waals surface area contributed by atoms with E-state index in [1.54, 1.807) is 6.33 Å². The molecule has 0 aliphatic carbocycles. The molecule has 0 saturated carbocycles. The van der Waals surface area contributed by atoms with Crippen LogP contribution in [0.25, 0.3) is 0 Å². The summed E-state index contributed by atoms with van der Waals surface area (Å²) in [6.07, 6.45) is 3.63. The van der Waals surface area contributed by atoms with Gasteiger partial charge in [0.2, 0.25) is 0 Å². The molecule has 0 radical (unpaired) electrons. The fourth-order valence-corrected chi connectivity index (χ4v) is 1.58. The molecule has 1 aromatic heterocycles. The van der Waals surface area contributed by atoms with Gasteiger partial charge in [0.1, 0.15) is 0 Å². The van der Waals surface area contributed by atoms with E-state index in [0.29, 0.717) is 5.69 Å². The summed E-state index contributed by atoms with van der Waals surface area (Å²) in [5, 5.41) is 8.93. The van der Waals surface area contributed by atoms with Crippen LogP contribution in [0.15, 0.2) is 42.9 Å². The summed E-state index contributed by atoms with van der Waals surface area (Å²) < 4.78 is 2.00. The molecule has 0 fully saturated rings. The van der Waals surface area contributed by atoms with E-state index in [1.165, 1.54) is 5.56 Å². The third-order valence-corrected chi connectivity index (χ3v) is 2.55. The van der Waals surface area contributed by atoms with Crippen molar-refractivity contribution in [3.63, 3.8) is 0 Å². The van der Waals surface area contributed by atoms with Crippen molar-refractivity contribution in [2.45, 2.75) is 19.6 Å². The van der Waals surface area contributed by atoms with Gasteiger partial charge >= 0.3 is 0 Å². The molecule has 0 bridgehead atoms. The molecular formula is C12H14N2O. The normalized spacial score (nSPS) is 12.7. The van der Waals surface area contributed by atoms with E-state index in [0.717, 1.165) is 0 Å². The number of benzene rings is 1. The molecule has 3 heteroatoms. The Kier molecular flexibility index (Phi) is 2.83. The molecule has 0 aliphatic rings. The standard InChI is InChI=1S/C12H14N2O/c1-10(11-5-3-2-4-6-11)14-7-12(8-15)13-9-14/h2-7,9-10,15H,8H2,1H3. The molecule has 0 spiro atoms. The first kappa shape index (κ1) is 9.93. The van der Waals surface area contributed by atoms with Crippen molar-refractivity contribution in [2.24, 2.45) is 0 Å². The maximum absolute atomic E-state index is 8.93. The fourth-order valence-electron chi connectivity index (χ4n) is 1.58. The van der Waals surface area contributed by atoms with E-state index in [9.17, 15) is 0 Å². The molecule has 1 atom stereocenters. The Bertz CT molecular complexity index is 422. The predicted molar refractivity (Wildman–Crippen MR) is 58.4 cm³/mol. The monoisotopic (exact) mass is 202 g/mol. The van der Waals surface area contributed by atoms with Crippen LogP contribution in [0.3, 0.4) is 0 Å². The summed E-state index contributed by atoms with van der Waals surface area (Å²) in [5.74, 6) is 0.